The fraction of sp³-hybridized carbons (Fsp3) is 0.571. The summed E-state index contributed by atoms with van der Waals surface area (Å²) in [6.07, 6.45) is -0.120. The molecule has 1 aromatic rings. The van der Waals surface area contributed by atoms with Crippen molar-refractivity contribution in [1.82, 2.24) is 10.6 Å². The topological polar surface area (TPSA) is 115 Å². The summed E-state index contributed by atoms with van der Waals surface area (Å²) in [6, 6.07) is 1.77. The summed E-state index contributed by atoms with van der Waals surface area (Å²) in [6.45, 7) is 7.24. The number of nitrogens with one attached hydrogen (secondary N) is 3. The second-order valence-corrected chi connectivity index (χ2v) is 8.72. The second kappa shape index (κ2) is 8.70. The van der Waals surface area contributed by atoms with Gasteiger partial charge in [0.15, 0.2) is 0 Å². The van der Waals surface area contributed by atoms with Gasteiger partial charge in [-0.3, -0.25) is 9.59 Å². The summed E-state index contributed by atoms with van der Waals surface area (Å²) < 4.78 is 30.5. The van der Waals surface area contributed by atoms with E-state index in [2.05, 4.69) is 16.0 Å². The lowest BCUT2D eigenvalue weighted by molar-refractivity contribution is -0.136. The number of rotatable bonds is 3. The summed E-state index contributed by atoms with van der Waals surface area (Å²) in [4.78, 5) is 37.9. The van der Waals surface area contributed by atoms with Crippen molar-refractivity contribution in [3.05, 3.63) is 24.0 Å². The Morgan fingerprint density at radius 2 is 1.97 bits per heavy atom. The number of carbonyl (C=O) groups is 3. The van der Waals surface area contributed by atoms with Crippen LogP contribution >= 0.6 is 0 Å². The first-order valence-corrected chi connectivity index (χ1v) is 10.2. The van der Waals surface area contributed by atoms with Gasteiger partial charge in [-0.25, -0.2) is 9.18 Å². The third-order valence-electron chi connectivity index (χ3n) is 5.06. The maximum Gasteiger partial charge on any atom is 0.408 e. The molecule has 1 spiro atoms. The molecule has 3 amide bonds. The van der Waals surface area contributed by atoms with Crippen molar-refractivity contribution in [2.75, 3.05) is 18.5 Å². The van der Waals surface area contributed by atoms with Gasteiger partial charge in [-0.15, -0.1) is 0 Å². The lowest BCUT2D eigenvalue weighted by Gasteiger charge is -2.41. The monoisotopic (exact) mass is 437 g/mol. The van der Waals surface area contributed by atoms with E-state index < -0.39 is 47.0 Å². The van der Waals surface area contributed by atoms with Crippen LogP contribution in [0.5, 0.6) is 5.75 Å². The molecule has 1 aromatic carbocycles. The van der Waals surface area contributed by atoms with Crippen molar-refractivity contribution in [2.24, 2.45) is 0 Å². The number of fused-ring (bicyclic) bond motifs is 1. The molecule has 3 N–H and O–H groups in total. The Bertz CT molecular complexity index is 863. The molecule has 1 saturated heterocycles. The normalized spacial score (nSPS) is 21.1. The molecule has 2 atom stereocenters. The van der Waals surface area contributed by atoms with E-state index in [4.69, 9.17) is 14.2 Å². The molecule has 0 bridgehead atoms. The van der Waals surface area contributed by atoms with Gasteiger partial charge in [0, 0.05) is 18.9 Å². The Kier molecular flexibility index (Phi) is 6.40. The summed E-state index contributed by atoms with van der Waals surface area (Å²) in [7, 11) is 0. The van der Waals surface area contributed by atoms with E-state index in [1.807, 2.05) is 0 Å². The number of anilines is 1. The molecule has 31 heavy (non-hydrogen) atoms. The summed E-state index contributed by atoms with van der Waals surface area (Å²) in [5, 5.41) is 7.83. The van der Waals surface area contributed by atoms with E-state index in [1.165, 1.54) is 25.1 Å². The van der Waals surface area contributed by atoms with Crippen molar-refractivity contribution < 1.29 is 33.0 Å². The number of benzene rings is 1. The van der Waals surface area contributed by atoms with E-state index in [1.54, 1.807) is 20.8 Å². The van der Waals surface area contributed by atoms with Gasteiger partial charge < -0.3 is 30.2 Å². The largest absolute Gasteiger partial charge is 0.482 e. The molecule has 2 heterocycles. The maximum absolute atomic E-state index is 13.8. The van der Waals surface area contributed by atoms with Crippen LogP contribution in [0.3, 0.4) is 0 Å². The zero-order chi connectivity index (χ0) is 22.8. The van der Waals surface area contributed by atoms with Crippen molar-refractivity contribution >= 4 is 23.6 Å². The Labute approximate surface area is 180 Å². The fourth-order valence-corrected chi connectivity index (χ4v) is 3.53. The fourth-order valence-electron chi connectivity index (χ4n) is 3.53. The van der Waals surface area contributed by atoms with E-state index in [9.17, 15) is 18.8 Å². The molecule has 9 nitrogen and oxygen atoms in total. The van der Waals surface area contributed by atoms with Gasteiger partial charge in [0.2, 0.25) is 5.91 Å². The van der Waals surface area contributed by atoms with Gasteiger partial charge >= 0.3 is 6.09 Å². The van der Waals surface area contributed by atoms with Gasteiger partial charge in [-0.1, -0.05) is 0 Å². The summed E-state index contributed by atoms with van der Waals surface area (Å²) in [5.74, 6) is -1.40. The summed E-state index contributed by atoms with van der Waals surface area (Å²) >= 11 is 0. The third-order valence-corrected chi connectivity index (χ3v) is 5.06. The zero-order valence-electron chi connectivity index (χ0n) is 18.0. The molecule has 170 valence electrons. The predicted molar refractivity (Wildman–Crippen MR) is 109 cm³/mol. The SMILES string of the molecule is C[C@H](NC(=O)OC(C)(C)C)C(=O)N[C@H]1C(=O)Nc2ccc(F)cc2OC12CCOCC2. The van der Waals surface area contributed by atoms with E-state index >= 15 is 0 Å². The molecule has 0 aromatic heterocycles. The number of halogens is 1. The lowest BCUT2D eigenvalue weighted by Crippen LogP contribution is -2.64. The van der Waals surface area contributed by atoms with E-state index in [0.717, 1.165) is 0 Å². The molecular formula is C21H28FN3O6. The third kappa shape index (κ3) is 5.43. The lowest BCUT2D eigenvalue weighted by atomic mass is 9.85. The molecule has 0 unspecified atom stereocenters. The van der Waals surface area contributed by atoms with Crippen molar-refractivity contribution in [3.8, 4) is 5.75 Å². The number of alkyl carbamates (subject to hydrolysis) is 1. The number of hydrogen-bond acceptors (Lipinski definition) is 6. The average molecular weight is 437 g/mol. The minimum Gasteiger partial charge on any atom is -0.482 e. The highest BCUT2D eigenvalue weighted by Crippen LogP contribution is 2.38. The van der Waals surface area contributed by atoms with Crippen LogP contribution < -0.4 is 20.7 Å². The number of ether oxygens (including phenoxy) is 3. The van der Waals surface area contributed by atoms with Gasteiger partial charge in [0.25, 0.3) is 5.91 Å². The summed E-state index contributed by atoms with van der Waals surface area (Å²) in [5.41, 5.74) is -1.53. The van der Waals surface area contributed by atoms with Crippen LogP contribution in [0.1, 0.15) is 40.5 Å². The van der Waals surface area contributed by atoms with E-state index in [0.29, 0.717) is 31.7 Å². The maximum atomic E-state index is 13.8. The molecule has 0 saturated carbocycles. The van der Waals surface area contributed by atoms with Gasteiger partial charge in [-0.05, 0) is 39.8 Å². The molecular weight excluding hydrogens is 409 g/mol. The first-order valence-electron chi connectivity index (χ1n) is 10.2. The molecule has 0 aliphatic carbocycles. The molecule has 1 fully saturated rings. The van der Waals surface area contributed by atoms with Gasteiger partial charge in [-0.2, -0.15) is 0 Å². The first kappa shape index (κ1) is 22.8. The minimum absolute atomic E-state index is 0.187. The molecule has 2 aliphatic heterocycles. The standard InChI is InChI=1S/C21H28FN3O6/c1-12(23-19(28)31-20(2,3)4)17(26)25-16-18(27)24-14-6-5-13(22)11-15(14)30-21(16)7-9-29-10-8-21/h5-6,11-12,16H,7-10H2,1-4H3,(H,23,28)(H,24,27)(H,25,26)/t12-,16-/m0/s1. The van der Waals surface area contributed by atoms with Gasteiger partial charge in [0.05, 0.1) is 18.9 Å². The molecule has 10 heteroatoms. The average Bonchev–Trinajstić information content (AvgIpc) is 2.76. The highest BCUT2D eigenvalue weighted by molar-refractivity contribution is 6.00. The Morgan fingerprint density at radius 3 is 2.61 bits per heavy atom. The van der Waals surface area contributed by atoms with Crippen molar-refractivity contribution in [3.63, 3.8) is 0 Å². The van der Waals surface area contributed by atoms with Crippen LogP contribution in [-0.4, -0.2) is 54.4 Å². The number of hydrogen-bond donors (Lipinski definition) is 3. The zero-order valence-corrected chi connectivity index (χ0v) is 18.0. The molecule has 2 aliphatic rings. The Hall–Kier alpha value is -2.88. The van der Waals surface area contributed by atoms with Crippen LogP contribution in [0.15, 0.2) is 18.2 Å². The first-order chi connectivity index (χ1) is 14.5. The van der Waals surface area contributed by atoms with Crippen molar-refractivity contribution in [1.29, 1.82) is 0 Å². The van der Waals surface area contributed by atoms with Crippen LogP contribution in [-0.2, 0) is 19.1 Å². The Balaban J connectivity index is 1.80. The highest BCUT2D eigenvalue weighted by Gasteiger charge is 2.50. The predicted octanol–water partition coefficient (Wildman–Crippen LogP) is 2.10. The number of carbonyl (C=O) groups excluding carboxylic acids is 3. The highest BCUT2D eigenvalue weighted by atomic mass is 19.1. The quantitative estimate of drug-likeness (QED) is 0.667. The van der Waals surface area contributed by atoms with Crippen LogP contribution in [0.4, 0.5) is 14.9 Å². The van der Waals surface area contributed by atoms with Crippen molar-refractivity contribution in [2.45, 2.75) is 63.8 Å². The number of amides is 3. The molecule has 3 rings (SSSR count). The van der Waals surface area contributed by atoms with E-state index in [-0.39, 0.29) is 5.75 Å². The smallest absolute Gasteiger partial charge is 0.408 e. The molecule has 0 radical (unpaired) electrons. The van der Waals surface area contributed by atoms with Gasteiger partial charge in [0.1, 0.15) is 34.9 Å². The van der Waals surface area contributed by atoms with Crippen LogP contribution in [0.25, 0.3) is 0 Å². The second-order valence-electron chi connectivity index (χ2n) is 8.72. The van der Waals surface area contributed by atoms with Crippen LogP contribution in [0.2, 0.25) is 0 Å². The Morgan fingerprint density at radius 1 is 1.29 bits per heavy atom. The van der Waals surface area contributed by atoms with Crippen LogP contribution in [0, 0.1) is 5.82 Å². The minimum atomic E-state index is -1.12.